The average molecular weight is 468 g/mol. The first-order chi connectivity index (χ1) is 16.4. The molecule has 0 aliphatic rings. The Hall–Kier alpha value is -3.23. The summed E-state index contributed by atoms with van der Waals surface area (Å²) in [6.45, 7) is 6.92. The van der Waals surface area contributed by atoms with E-state index >= 15 is 0 Å². The molecule has 182 valence electrons. The Kier molecular flexibility index (Phi) is 8.79. The van der Waals surface area contributed by atoms with Crippen LogP contribution in [0.1, 0.15) is 74.6 Å². The molecule has 2 aromatic carbocycles. The molecular weight excluding hydrogens is 434 g/mol. The van der Waals surface area contributed by atoms with Crippen molar-refractivity contribution >= 4 is 22.4 Å². The molecule has 0 saturated heterocycles. The monoisotopic (exact) mass is 467 g/mol. The second kappa shape index (κ2) is 11.8. The Morgan fingerprint density at radius 1 is 1.12 bits per heavy atom. The molecule has 3 rings (SSSR count). The fourth-order valence-corrected chi connectivity index (χ4v) is 3.87. The number of nitro benzene ring substituents is 1. The van der Waals surface area contributed by atoms with Gasteiger partial charge in [0.1, 0.15) is 17.1 Å². The number of ketones is 1. The summed E-state index contributed by atoms with van der Waals surface area (Å²) in [4.78, 5) is 24.3. The number of benzene rings is 2. The minimum absolute atomic E-state index is 0.0758. The van der Waals surface area contributed by atoms with Crippen molar-refractivity contribution in [3.05, 3.63) is 69.5 Å². The molecule has 0 spiro atoms. The highest BCUT2D eigenvalue weighted by Crippen LogP contribution is 2.32. The van der Waals surface area contributed by atoms with Crippen LogP contribution in [0, 0.1) is 10.1 Å². The minimum Gasteiger partial charge on any atom is -0.474 e. The molecule has 2 N–H and O–H groups in total. The van der Waals surface area contributed by atoms with Crippen molar-refractivity contribution in [1.82, 2.24) is 5.01 Å². The molecule has 8 nitrogen and oxygen atoms in total. The van der Waals surface area contributed by atoms with E-state index in [2.05, 4.69) is 13.8 Å². The van der Waals surface area contributed by atoms with Crippen LogP contribution in [0.2, 0.25) is 0 Å². The number of carbonyl (C=O) groups excluding carboxylic acids is 1. The number of hydrazine groups is 1. The topological polar surface area (TPSA) is 112 Å². The maximum Gasteiger partial charge on any atom is 0.270 e. The van der Waals surface area contributed by atoms with Gasteiger partial charge in [0.15, 0.2) is 12.0 Å². The number of unbranched alkanes of at least 4 members (excludes halogenated alkanes) is 2. The number of fused-ring (bicyclic) bond motifs is 1. The van der Waals surface area contributed by atoms with E-state index in [0.29, 0.717) is 40.0 Å². The van der Waals surface area contributed by atoms with Gasteiger partial charge in [-0.05, 0) is 49.6 Å². The van der Waals surface area contributed by atoms with Crippen molar-refractivity contribution in [2.45, 2.75) is 65.5 Å². The van der Waals surface area contributed by atoms with Crippen LogP contribution in [0.15, 0.2) is 46.9 Å². The molecule has 0 radical (unpaired) electrons. The number of ether oxygens (including phenoxy) is 1. The predicted octanol–water partition coefficient (Wildman–Crippen LogP) is 6.01. The molecule has 3 aromatic rings. The van der Waals surface area contributed by atoms with E-state index in [1.807, 2.05) is 6.92 Å². The smallest absolute Gasteiger partial charge is 0.270 e. The van der Waals surface area contributed by atoms with Gasteiger partial charge in [0.25, 0.3) is 5.69 Å². The molecule has 1 aromatic heterocycles. The van der Waals surface area contributed by atoms with Crippen LogP contribution in [-0.2, 0) is 6.42 Å². The van der Waals surface area contributed by atoms with Crippen LogP contribution in [0.25, 0.3) is 11.0 Å². The highest BCUT2D eigenvalue weighted by Gasteiger charge is 2.24. The van der Waals surface area contributed by atoms with E-state index in [1.54, 1.807) is 35.3 Å². The Morgan fingerprint density at radius 2 is 1.82 bits per heavy atom. The molecule has 0 bridgehead atoms. The second-order valence-corrected chi connectivity index (χ2v) is 8.37. The molecule has 0 saturated carbocycles. The van der Waals surface area contributed by atoms with Gasteiger partial charge >= 0.3 is 0 Å². The molecule has 0 aliphatic carbocycles. The lowest BCUT2D eigenvalue weighted by atomic mass is 9.98. The first kappa shape index (κ1) is 25.4. The van der Waals surface area contributed by atoms with Crippen LogP contribution >= 0.6 is 0 Å². The number of carbonyl (C=O) groups is 1. The van der Waals surface area contributed by atoms with Crippen molar-refractivity contribution in [2.24, 2.45) is 5.84 Å². The zero-order valence-corrected chi connectivity index (χ0v) is 20.1. The van der Waals surface area contributed by atoms with Gasteiger partial charge in [0, 0.05) is 36.0 Å². The van der Waals surface area contributed by atoms with Crippen molar-refractivity contribution in [3.63, 3.8) is 0 Å². The highest BCUT2D eigenvalue weighted by molar-refractivity contribution is 6.17. The Balaban J connectivity index is 1.89. The first-order valence-electron chi connectivity index (χ1n) is 11.9. The number of rotatable bonds is 13. The number of nitrogens with two attached hydrogens (primary N) is 1. The van der Waals surface area contributed by atoms with Crippen molar-refractivity contribution < 1.29 is 18.9 Å². The number of furan rings is 1. The number of aryl methyl sites for hydroxylation is 1. The van der Waals surface area contributed by atoms with Crippen molar-refractivity contribution in [3.8, 4) is 5.75 Å². The zero-order valence-electron chi connectivity index (χ0n) is 20.1. The quantitative estimate of drug-likeness (QED) is 0.108. The van der Waals surface area contributed by atoms with E-state index in [9.17, 15) is 14.9 Å². The van der Waals surface area contributed by atoms with Gasteiger partial charge in [-0.3, -0.25) is 20.8 Å². The number of nitrogens with zero attached hydrogens (tertiary/aromatic N) is 2. The third-order valence-electron chi connectivity index (χ3n) is 5.82. The maximum absolute atomic E-state index is 13.5. The Labute approximate surface area is 199 Å². The molecule has 0 fully saturated rings. The Morgan fingerprint density at radius 3 is 2.44 bits per heavy atom. The second-order valence-electron chi connectivity index (χ2n) is 8.37. The number of nitro groups is 1. The molecule has 1 unspecified atom stereocenters. The summed E-state index contributed by atoms with van der Waals surface area (Å²) >= 11 is 0. The van der Waals surface area contributed by atoms with Gasteiger partial charge in [0.05, 0.1) is 10.5 Å². The van der Waals surface area contributed by atoms with Gasteiger partial charge in [-0.2, -0.15) is 0 Å². The zero-order chi connectivity index (χ0) is 24.7. The summed E-state index contributed by atoms with van der Waals surface area (Å²) in [6, 6.07) is 11.3. The molecular formula is C26H33N3O5. The summed E-state index contributed by atoms with van der Waals surface area (Å²) in [6.07, 6.45) is 4.87. The normalized spacial score (nSPS) is 12.3. The third kappa shape index (κ3) is 5.81. The fraction of sp³-hybridized carbons (Fsp3) is 0.423. The maximum atomic E-state index is 13.5. The number of non-ortho nitro benzene ring substituents is 1. The fourth-order valence-electron chi connectivity index (χ4n) is 3.87. The standard InChI is InChI=1S/C26H33N3O5/c1-4-7-9-23-25(21-17-19(29(31)32)12-15-22(21)34-23)26(30)18-10-13-20(14-11-18)33-24(6-3)28(27)16-8-5-2/h10-15,17,24H,4-9,16,27H2,1-3H3. The van der Waals surface area contributed by atoms with Gasteiger partial charge in [-0.15, -0.1) is 0 Å². The van der Waals surface area contributed by atoms with Gasteiger partial charge in [-0.1, -0.05) is 33.6 Å². The van der Waals surface area contributed by atoms with E-state index in [1.165, 1.54) is 12.1 Å². The minimum atomic E-state index is -0.468. The number of hydrogen-bond donors (Lipinski definition) is 1. The van der Waals surface area contributed by atoms with Gasteiger partial charge in [0.2, 0.25) is 0 Å². The summed E-state index contributed by atoms with van der Waals surface area (Å²) in [5, 5.41) is 13.5. The molecule has 1 heterocycles. The lowest BCUT2D eigenvalue weighted by Gasteiger charge is -2.27. The van der Waals surface area contributed by atoms with E-state index in [0.717, 1.165) is 38.6 Å². The van der Waals surface area contributed by atoms with Crippen LogP contribution < -0.4 is 10.6 Å². The SMILES string of the molecule is CCCCc1oc2ccc([N+](=O)[O-])cc2c1C(=O)c1ccc(OC(CC)N(N)CCCC)cc1. The third-order valence-corrected chi connectivity index (χ3v) is 5.82. The number of hydrogen-bond acceptors (Lipinski definition) is 7. The van der Waals surface area contributed by atoms with Crippen LogP contribution in [0.5, 0.6) is 5.75 Å². The van der Waals surface area contributed by atoms with Crippen molar-refractivity contribution in [2.75, 3.05) is 6.54 Å². The van der Waals surface area contributed by atoms with Gasteiger partial charge in [-0.25, -0.2) is 5.01 Å². The van der Waals surface area contributed by atoms with E-state index in [4.69, 9.17) is 15.0 Å². The molecule has 1 atom stereocenters. The first-order valence-corrected chi connectivity index (χ1v) is 11.9. The summed E-state index contributed by atoms with van der Waals surface area (Å²) in [5.41, 5.74) is 1.25. The summed E-state index contributed by atoms with van der Waals surface area (Å²) in [5.74, 6) is 7.09. The predicted molar refractivity (Wildman–Crippen MR) is 132 cm³/mol. The summed E-state index contributed by atoms with van der Waals surface area (Å²) in [7, 11) is 0. The van der Waals surface area contributed by atoms with Crippen molar-refractivity contribution in [1.29, 1.82) is 0 Å². The molecule has 0 amide bonds. The molecule has 34 heavy (non-hydrogen) atoms. The molecule has 8 heteroatoms. The lowest BCUT2D eigenvalue weighted by molar-refractivity contribution is -0.384. The average Bonchev–Trinajstić information content (AvgIpc) is 3.21. The molecule has 0 aliphatic heterocycles. The van der Waals surface area contributed by atoms with Crippen LogP contribution in [-0.4, -0.2) is 28.5 Å². The summed E-state index contributed by atoms with van der Waals surface area (Å²) < 4.78 is 12.0. The largest absolute Gasteiger partial charge is 0.474 e. The van der Waals surface area contributed by atoms with Gasteiger partial charge < -0.3 is 9.15 Å². The van der Waals surface area contributed by atoms with E-state index in [-0.39, 0.29) is 17.7 Å². The van der Waals surface area contributed by atoms with Crippen LogP contribution in [0.3, 0.4) is 0 Å². The Bertz CT molecular complexity index is 1120. The highest BCUT2D eigenvalue weighted by atomic mass is 16.6. The van der Waals surface area contributed by atoms with Crippen LogP contribution in [0.4, 0.5) is 5.69 Å². The van der Waals surface area contributed by atoms with E-state index < -0.39 is 4.92 Å². The lowest BCUT2D eigenvalue weighted by Crippen LogP contribution is -2.44.